The molecule has 2 atom stereocenters. The highest BCUT2D eigenvalue weighted by Gasteiger charge is 2.34. The molecule has 0 aliphatic carbocycles. The van der Waals surface area contributed by atoms with Gasteiger partial charge in [0.15, 0.2) is 5.13 Å². The minimum Gasteiger partial charge on any atom is -0.379 e. The zero-order chi connectivity index (χ0) is 16.3. The van der Waals surface area contributed by atoms with Crippen LogP contribution in [0, 0.1) is 5.92 Å². The molecule has 10 heteroatoms. The van der Waals surface area contributed by atoms with Crippen LogP contribution in [-0.2, 0) is 14.8 Å². The van der Waals surface area contributed by atoms with E-state index in [1.807, 2.05) is 0 Å². The van der Waals surface area contributed by atoms with Gasteiger partial charge < -0.3 is 15.4 Å². The first kappa shape index (κ1) is 17.1. The van der Waals surface area contributed by atoms with E-state index in [1.54, 1.807) is 12.4 Å². The summed E-state index contributed by atoms with van der Waals surface area (Å²) in [5.41, 5.74) is 0.315. The molecule has 2 heterocycles. The molecule has 8 nitrogen and oxygen atoms in total. The fraction of sp³-hybridized carbons (Fsp3) is 0.667. The minimum atomic E-state index is -3.34. The largest absolute Gasteiger partial charge is 0.379 e. The summed E-state index contributed by atoms with van der Waals surface area (Å²) in [4.78, 5) is 16.3. The van der Waals surface area contributed by atoms with Crippen molar-refractivity contribution in [2.75, 3.05) is 45.4 Å². The molecule has 0 saturated carbocycles. The number of thiazole rings is 1. The zero-order valence-electron chi connectivity index (χ0n) is 12.7. The molecule has 1 aromatic rings. The Balaban J connectivity index is 2.00. The van der Waals surface area contributed by atoms with Gasteiger partial charge in [-0.15, -0.1) is 11.3 Å². The van der Waals surface area contributed by atoms with Crippen LogP contribution in [0.4, 0.5) is 5.13 Å². The fourth-order valence-corrected chi connectivity index (χ4v) is 3.90. The van der Waals surface area contributed by atoms with Gasteiger partial charge in [-0.3, -0.25) is 4.79 Å². The maximum atomic E-state index is 12.2. The lowest BCUT2D eigenvalue weighted by atomic mass is 10.1. The third-order valence-electron chi connectivity index (χ3n) is 3.45. The molecule has 2 rings (SSSR count). The van der Waals surface area contributed by atoms with E-state index >= 15 is 0 Å². The van der Waals surface area contributed by atoms with Crippen LogP contribution in [0.2, 0.25) is 0 Å². The molecule has 1 amide bonds. The van der Waals surface area contributed by atoms with E-state index in [0.29, 0.717) is 24.0 Å². The smallest absolute Gasteiger partial charge is 0.271 e. The molecule has 1 aromatic heterocycles. The van der Waals surface area contributed by atoms with Crippen molar-refractivity contribution in [3.63, 3.8) is 0 Å². The quantitative estimate of drug-likeness (QED) is 0.740. The van der Waals surface area contributed by atoms with Gasteiger partial charge in [-0.2, -0.15) is 0 Å². The number of aromatic nitrogens is 1. The van der Waals surface area contributed by atoms with E-state index in [9.17, 15) is 13.2 Å². The standard InChI is InChI=1S/C12H20N4O4S2/c1-13-12-15-10(6-21-12)11(17)14-9-5-20-4-8(9)7-22(18,19)16(2)3/h6,8-9H,4-5,7H2,1-3H3,(H,13,15)(H,14,17)/t8-,9+/m0/s1. The number of carbonyl (C=O) groups is 1. The van der Waals surface area contributed by atoms with Gasteiger partial charge in [0.1, 0.15) is 5.69 Å². The fourth-order valence-electron chi connectivity index (χ4n) is 2.08. The van der Waals surface area contributed by atoms with E-state index in [0.717, 1.165) is 0 Å². The van der Waals surface area contributed by atoms with Crippen molar-refractivity contribution in [1.82, 2.24) is 14.6 Å². The Morgan fingerprint density at radius 3 is 2.82 bits per heavy atom. The molecule has 0 aromatic carbocycles. The number of carbonyl (C=O) groups excluding carboxylic acids is 1. The first-order valence-corrected chi connectivity index (χ1v) is 9.24. The predicted octanol–water partition coefficient (Wildman–Crippen LogP) is -0.179. The molecule has 1 aliphatic rings. The average molecular weight is 348 g/mol. The lowest BCUT2D eigenvalue weighted by molar-refractivity contribution is 0.0921. The molecule has 2 N–H and O–H groups in total. The summed E-state index contributed by atoms with van der Waals surface area (Å²) < 4.78 is 30.5. The summed E-state index contributed by atoms with van der Waals surface area (Å²) in [7, 11) is 1.38. The zero-order valence-corrected chi connectivity index (χ0v) is 14.3. The molecule has 0 unspecified atom stereocenters. The van der Waals surface area contributed by atoms with Gasteiger partial charge in [0.25, 0.3) is 5.91 Å². The summed E-state index contributed by atoms with van der Waals surface area (Å²) in [5.74, 6) is -0.636. The van der Waals surface area contributed by atoms with Gasteiger partial charge >= 0.3 is 0 Å². The van der Waals surface area contributed by atoms with E-state index in [2.05, 4.69) is 15.6 Å². The number of ether oxygens (including phenoxy) is 1. The molecule has 22 heavy (non-hydrogen) atoms. The topological polar surface area (TPSA) is 101 Å². The van der Waals surface area contributed by atoms with Gasteiger partial charge in [0, 0.05) is 32.4 Å². The second kappa shape index (κ2) is 6.90. The SMILES string of the molecule is CNc1nc(C(=O)N[C@@H]2COC[C@H]2CS(=O)(=O)N(C)C)cs1. The average Bonchev–Trinajstić information content (AvgIpc) is 3.08. The van der Waals surface area contributed by atoms with Crippen LogP contribution in [0.3, 0.4) is 0 Å². The number of sulfonamides is 1. The van der Waals surface area contributed by atoms with E-state index < -0.39 is 10.0 Å². The van der Waals surface area contributed by atoms with Crippen LogP contribution in [0.15, 0.2) is 5.38 Å². The van der Waals surface area contributed by atoms with Crippen molar-refractivity contribution in [2.45, 2.75) is 6.04 Å². The Kier molecular flexibility index (Phi) is 5.37. The second-order valence-electron chi connectivity index (χ2n) is 5.23. The molecule has 0 spiro atoms. The molecule has 0 bridgehead atoms. The summed E-state index contributed by atoms with van der Waals surface area (Å²) in [6.07, 6.45) is 0. The summed E-state index contributed by atoms with van der Waals surface area (Å²) in [6, 6.07) is -0.332. The van der Waals surface area contributed by atoms with Gasteiger partial charge in [-0.25, -0.2) is 17.7 Å². The van der Waals surface area contributed by atoms with Crippen LogP contribution < -0.4 is 10.6 Å². The summed E-state index contributed by atoms with van der Waals surface area (Å²) in [5, 5.41) is 7.99. The molecule has 1 fully saturated rings. The highest BCUT2D eigenvalue weighted by molar-refractivity contribution is 7.89. The third kappa shape index (κ3) is 3.94. The van der Waals surface area contributed by atoms with Gasteiger partial charge in [-0.1, -0.05) is 0 Å². The Labute approximate surface area is 133 Å². The molecular formula is C12H20N4O4S2. The monoisotopic (exact) mass is 348 g/mol. The van der Waals surface area contributed by atoms with Crippen LogP contribution >= 0.6 is 11.3 Å². The first-order chi connectivity index (χ1) is 10.3. The molecule has 1 aliphatic heterocycles. The van der Waals surface area contributed by atoms with Gasteiger partial charge in [-0.05, 0) is 0 Å². The first-order valence-electron chi connectivity index (χ1n) is 6.75. The number of nitrogens with zero attached hydrogens (tertiary/aromatic N) is 2. The van der Waals surface area contributed by atoms with Crippen molar-refractivity contribution in [1.29, 1.82) is 0 Å². The molecule has 1 saturated heterocycles. The Morgan fingerprint density at radius 2 is 2.23 bits per heavy atom. The second-order valence-corrected chi connectivity index (χ2v) is 8.31. The normalized spacial score (nSPS) is 22.0. The van der Waals surface area contributed by atoms with Crippen LogP contribution in [0.1, 0.15) is 10.5 Å². The number of nitrogens with one attached hydrogen (secondary N) is 2. The van der Waals surface area contributed by atoms with Crippen molar-refractivity contribution in [2.24, 2.45) is 5.92 Å². The summed E-state index contributed by atoms with van der Waals surface area (Å²) >= 11 is 1.33. The summed E-state index contributed by atoms with van der Waals surface area (Å²) in [6.45, 7) is 0.624. The number of hydrogen-bond donors (Lipinski definition) is 2. The number of anilines is 1. The van der Waals surface area contributed by atoms with Gasteiger partial charge in [0.2, 0.25) is 10.0 Å². The maximum Gasteiger partial charge on any atom is 0.271 e. The Morgan fingerprint density at radius 1 is 1.50 bits per heavy atom. The minimum absolute atomic E-state index is 0.0518. The van der Waals surface area contributed by atoms with Gasteiger partial charge in [0.05, 0.1) is 25.0 Å². The van der Waals surface area contributed by atoms with Crippen LogP contribution in [-0.4, -0.2) is 69.8 Å². The van der Waals surface area contributed by atoms with E-state index in [4.69, 9.17) is 4.74 Å². The lowest BCUT2D eigenvalue weighted by Crippen LogP contribution is -2.43. The number of amides is 1. The molecule has 0 radical (unpaired) electrons. The van der Waals surface area contributed by atoms with E-state index in [1.165, 1.54) is 29.7 Å². The predicted molar refractivity (Wildman–Crippen MR) is 84.7 cm³/mol. The maximum absolute atomic E-state index is 12.2. The third-order valence-corrected chi connectivity index (χ3v) is 6.27. The highest BCUT2D eigenvalue weighted by atomic mass is 32.2. The van der Waals surface area contributed by atoms with Crippen molar-refractivity contribution in [3.05, 3.63) is 11.1 Å². The molecule has 124 valence electrons. The highest BCUT2D eigenvalue weighted by Crippen LogP contribution is 2.19. The lowest BCUT2D eigenvalue weighted by Gasteiger charge is -2.20. The Bertz CT molecular complexity index is 629. The van der Waals surface area contributed by atoms with Crippen LogP contribution in [0.25, 0.3) is 0 Å². The molecular weight excluding hydrogens is 328 g/mol. The number of rotatable bonds is 6. The van der Waals surface area contributed by atoms with Crippen LogP contribution in [0.5, 0.6) is 0 Å². The Hall–Kier alpha value is -1.23. The van der Waals surface area contributed by atoms with Crippen molar-refractivity contribution >= 4 is 32.4 Å². The van der Waals surface area contributed by atoms with Crippen molar-refractivity contribution < 1.29 is 17.9 Å². The number of hydrogen-bond acceptors (Lipinski definition) is 7. The van der Waals surface area contributed by atoms with E-state index in [-0.39, 0.29) is 23.6 Å². The van der Waals surface area contributed by atoms with Crippen molar-refractivity contribution in [3.8, 4) is 0 Å².